The van der Waals surface area contributed by atoms with Gasteiger partial charge in [0.2, 0.25) is 0 Å². The minimum absolute atomic E-state index is 0.174. The molecule has 0 radical (unpaired) electrons. The van der Waals surface area contributed by atoms with Gasteiger partial charge in [-0.05, 0) is 19.9 Å². The van der Waals surface area contributed by atoms with Crippen molar-refractivity contribution in [3.63, 3.8) is 0 Å². The molecule has 2 aromatic rings. The third-order valence-electron chi connectivity index (χ3n) is 2.79. The van der Waals surface area contributed by atoms with Crippen molar-refractivity contribution in [2.24, 2.45) is 0 Å². The van der Waals surface area contributed by atoms with Crippen molar-refractivity contribution >= 4 is 5.69 Å². The molecule has 0 aliphatic carbocycles. The maximum absolute atomic E-state index is 13.5. The molecule has 17 heavy (non-hydrogen) atoms. The molecule has 0 unspecified atom stereocenters. The summed E-state index contributed by atoms with van der Waals surface area (Å²) in [5, 5.41) is 4.18. The van der Waals surface area contributed by atoms with Gasteiger partial charge in [0, 0.05) is 5.56 Å². The molecule has 1 aromatic heterocycles. The Labute approximate surface area is 97.9 Å². The van der Waals surface area contributed by atoms with Crippen molar-refractivity contribution in [2.75, 3.05) is 5.73 Å². The minimum Gasteiger partial charge on any atom is -0.396 e. The summed E-state index contributed by atoms with van der Waals surface area (Å²) >= 11 is 0. The van der Waals surface area contributed by atoms with E-state index in [1.807, 2.05) is 0 Å². The van der Waals surface area contributed by atoms with Crippen LogP contribution in [0.5, 0.6) is 0 Å². The van der Waals surface area contributed by atoms with Gasteiger partial charge < -0.3 is 5.73 Å². The molecule has 0 spiro atoms. The second-order valence-electron chi connectivity index (χ2n) is 3.96. The Morgan fingerprint density at radius 1 is 1.29 bits per heavy atom. The number of halogens is 2. The van der Waals surface area contributed by atoms with Crippen molar-refractivity contribution in [1.29, 1.82) is 0 Å². The number of nitrogens with zero attached hydrogens (tertiary/aromatic N) is 2. The molecule has 0 saturated heterocycles. The Balaban J connectivity index is 2.38. The van der Waals surface area contributed by atoms with Crippen LogP contribution in [0, 0.1) is 25.5 Å². The number of nitrogens with two attached hydrogens (primary N) is 1. The minimum atomic E-state index is -0.850. The normalized spacial score (nSPS) is 10.8. The zero-order chi connectivity index (χ0) is 12.6. The van der Waals surface area contributed by atoms with Crippen LogP contribution in [0.4, 0.5) is 14.5 Å². The first kappa shape index (κ1) is 11.6. The summed E-state index contributed by atoms with van der Waals surface area (Å²) in [4.78, 5) is 0. The highest BCUT2D eigenvalue weighted by molar-refractivity contribution is 5.47. The van der Waals surface area contributed by atoms with E-state index < -0.39 is 11.6 Å². The highest BCUT2D eigenvalue weighted by Gasteiger charge is 2.12. The molecule has 0 amide bonds. The van der Waals surface area contributed by atoms with Gasteiger partial charge in [-0.25, -0.2) is 8.78 Å². The van der Waals surface area contributed by atoms with E-state index in [4.69, 9.17) is 5.73 Å². The van der Waals surface area contributed by atoms with Crippen LogP contribution in [0.15, 0.2) is 18.2 Å². The number of aryl methyl sites for hydroxylation is 1. The van der Waals surface area contributed by atoms with Crippen molar-refractivity contribution in [3.8, 4) is 0 Å². The predicted octanol–water partition coefficient (Wildman–Crippen LogP) is 2.41. The largest absolute Gasteiger partial charge is 0.396 e. The summed E-state index contributed by atoms with van der Waals surface area (Å²) in [6, 6.07) is 4.10. The number of hydrogen-bond acceptors (Lipinski definition) is 2. The van der Waals surface area contributed by atoms with Crippen molar-refractivity contribution < 1.29 is 8.78 Å². The molecule has 0 bridgehead atoms. The second-order valence-corrected chi connectivity index (χ2v) is 3.96. The van der Waals surface area contributed by atoms with Crippen LogP contribution in [-0.4, -0.2) is 9.78 Å². The third kappa shape index (κ3) is 2.00. The van der Waals surface area contributed by atoms with Crippen LogP contribution in [0.25, 0.3) is 0 Å². The Morgan fingerprint density at radius 2 is 2.00 bits per heavy atom. The lowest BCUT2D eigenvalue weighted by molar-refractivity contribution is 0.490. The molecule has 0 saturated carbocycles. The average Bonchev–Trinajstić information content (AvgIpc) is 2.53. The van der Waals surface area contributed by atoms with Crippen molar-refractivity contribution in [1.82, 2.24) is 9.78 Å². The quantitative estimate of drug-likeness (QED) is 0.871. The molecule has 90 valence electrons. The van der Waals surface area contributed by atoms with Gasteiger partial charge in [0.15, 0.2) is 11.6 Å². The van der Waals surface area contributed by atoms with E-state index in [0.717, 1.165) is 11.8 Å². The van der Waals surface area contributed by atoms with Gasteiger partial charge in [-0.3, -0.25) is 4.68 Å². The van der Waals surface area contributed by atoms with Gasteiger partial charge in [0.1, 0.15) is 0 Å². The molecule has 0 fully saturated rings. The summed E-state index contributed by atoms with van der Waals surface area (Å²) in [5.74, 6) is -1.68. The van der Waals surface area contributed by atoms with Gasteiger partial charge in [-0.2, -0.15) is 5.10 Å². The van der Waals surface area contributed by atoms with Crippen LogP contribution >= 0.6 is 0 Å². The molecule has 2 N–H and O–H groups in total. The lowest BCUT2D eigenvalue weighted by atomic mass is 10.2. The molecule has 0 aliphatic heterocycles. The molecule has 1 heterocycles. The maximum atomic E-state index is 13.5. The van der Waals surface area contributed by atoms with E-state index in [9.17, 15) is 8.78 Å². The SMILES string of the molecule is Cc1nn(Cc2cccc(F)c2F)c(C)c1N. The topological polar surface area (TPSA) is 43.8 Å². The fraction of sp³-hybridized carbons (Fsp3) is 0.250. The summed E-state index contributed by atoms with van der Waals surface area (Å²) < 4.78 is 28.1. The van der Waals surface area contributed by atoms with Gasteiger partial charge in [-0.1, -0.05) is 12.1 Å². The first-order valence-corrected chi connectivity index (χ1v) is 5.23. The van der Waals surface area contributed by atoms with E-state index in [1.54, 1.807) is 18.5 Å². The summed E-state index contributed by atoms with van der Waals surface area (Å²) in [7, 11) is 0. The van der Waals surface area contributed by atoms with Crippen LogP contribution in [0.1, 0.15) is 17.0 Å². The lowest BCUT2D eigenvalue weighted by Gasteiger charge is -2.06. The predicted molar refractivity (Wildman–Crippen MR) is 61.6 cm³/mol. The molecular weight excluding hydrogens is 224 g/mol. The first-order valence-electron chi connectivity index (χ1n) is 5.23. The Bertz CT molecular complexity index is 561. The molecule has 2 rings (SSSR count). The van der Waals surface area contributed by atoms with E-state index in [2.05, 4.69) is 5.10 Å². The second kappa shape index (κ2) is 4.16. The summed E-state index contributed by atoms with van der Waals surface area (Å²) in [6.07, 6.45) is 0. The molecular formula is C12H13F2N3. The van der Waals surface area contributed by atoms with Gasteiger partial charge >= 0.3 is 0 Å². The van der Waals surface area contributed by atoms with E-state index in [1.165, 1.54) is 12.1 Å². The maximum Gasteiger partial charge on any atom is 0.163 e. The number of anilines is 1. The van der Waals surface area contributed by atoms with E-state index in [0.29, 0.717) is 11.4 Å². The zero-order valence-electron chi connectivity index (χ0n) is 9.67. The number of rotatable bonds is 2. The third-order valence-corrected chi connectivity index (χ3v) is 2.79. The molecule has 5 heteroatoms. The van der Waals surface area contributed by atoms with Crippen molar-refractivity contribution in [2.45, 2.75) is 20.4 Å². The Hall–Kier alpha value is -1.91. The Morgan fingerprint density at radius 3 is 2.59 bits per heavy atom. The summed E-state index contributed by atoms with van der Waals surface area (Å²) in [5.41, 5.74) is 8.07. The standard InChI is InChI=1S/C12H13F2N3/c1-7-12(15)8(2)17(16-7)6-9-4-3-5-10(13)11(9)14/h3-5H,6,15H2,1-2H3. The number of nitrogen functional groups attached to an aromatic ring is 1. The molecule has 0 atom stereocenters. The lowest BCUT2D eigenvalue weighted by Crippen LogP contribution is -2.07. The highest BCUT2D eigenvalue weighted by Crippen LogP contribution is 2.18. The number of aromatic nitrogens is 2. The monoisotopic (exact) mass is 237 g/mol. The highest BCUT2D eigenvalue weighted by atomic mass is 19.2. The van der Waals surface area contributed by atoms with Gasteiger partial charge in [-0.15, -0.1) is 0 Å². The van der Waals surface area contributed by atoms with Gasteiger partial charge in [0.25, 0.3) is 0 Å². The summed E-state index contributed by atoms with van der Waals surface area (Å²) in [6.45, 7) is 3.75. The van der Waals surface area contributed by atoms with Crippen LogP contribution in [0.2, 0.25) is 0 Å². The molecule has 3 nitrogen and oxygen atoms in total. The molecule has 1 aromatic carbocycles. The van der Waals surface area contributed by atoms with E-state index >= 15 is 0 Å². The van der Waals surface area contributed by atoms with E-state index in [-0.39, 0.29) is 12.1 Å². The fourth-order valence-electron chi connectivity index (χ4n) is 1.70. The van der Waals surface area contributed by atoms with Crippen molar-refractivity contribution in [3.05, 3.63) is 46.8 Å². The van der Waals surface area contributed by atoms with Gasteiger partial charge in [0.05, 0.1) is 23.6 Å². The first-order chi connectivity index (χ1) is 8.00. The van der Waals surface area contributed by atoms with Crippen LogP contribution < -0.4 is 5.73 Å². The number of hydrogen-bond donors (Lipinski definition) is 1. The zero-order valence-corrected chi connectivity index (χ0v) is 9.67. The van der Waals surface area contributed by atoms with Crippen LogP contribution in [0.3, 0.4) is 0 Å². The van der Waals surface area contributed by atoms with Crippen LogP contribution in [-0.2, 0) is 6.54 Å². The smallest absolute Gasteiger partial charge is 0.163 e. The Kier molecular flexibility index (Phi) is 2.83. The number of benzene rings is 1. The fourth-order valence-corrected chi connectivity index (χ4v) is 1.70. The average molecular weight is 237 g/mol. The molecule has 0 aliphatic rings.